The number of carboxylic acid groups (broad SMARTS) is 1. The van der Waals surface area contributed by atoms with Crippen LogP contribution in [-0.2, 0) is 6.54 Å². The highest BCUT2D eigenvalue weighted by Gasteiger charge is 2.16. The van der Waals surface area contributed by atoms with Crippen LogP contribution in [-0.4, -0.2) is 22.1 Å². The molecule has 0 aromatic carbocycles. The molecule has 1 amide bonds. The first-order chi connectivity index (χ1) is 8.97. The van der Waals surface area contributed by atoms with Crippen LogP contribution in [0.5, 0.6) is 0 Å². The predicted molar refractivity (Wildman–Crippen MR) is 68.4 cm³/mol. The maximum atomic E-state index is 11.7. The summed E-state index contributed by atoms with van der Waals surface area (Å²) in [4.78, 5) is 24.6. The zero-order chi connectivity index (χ0) is 14.0. The average molecular weight is 280 g/mol. The van der Waals surface area contributed by atoms with E-state index in [1.54, 1.807) is 11.3 Å². The van der Waals surface area contributed by atoms with Gasteiger partial charge in [-0.05, 0) is 25.5 Å². The summed E-state index contributed by atoms with van der Waals surface area (Å²) in [6, 6.07) is 3.11. The van der Waals surface area contributed by atoms with Gasteiger partial charge in [-0.3, -0.25) is 4.79 Å². The Bertz CT molecular complexity index is 610. The van der Waals surface area contributed by atoms with Crippen molar-refractivity contribution >= 4 is 23.2 Å². The number of hydrogen-bond acceptors (Lipinski definition) is 5. The summed E-state index contributed by atoms with van der Waals surface area (Å²) in [6.07, 6.45) is 0. The summed E-state index contributed by atoms with van der Waals surface area (Å²) in [6.45, 7) is 4.41. The number of rotatable bonds is 4. The SMILES string of the molecule is Cc1cc(CNC(=O)c2cc(C(=O)O)on2)sc1C. The molecule has 100 valence electrons. The molecule has 2 rings (SSSR count). The van der Waals surface area contributed by atoms with Gasteiger partial charge in [-0.1, -0.05) is 5.16 Å². The number of aromatic carboxylic acids is 1. The molecule has 2 N–H and O–H groups in total. The molecule has 0 bridgehead atoms. The smallest absolute Gasteiger partial charge is 0.374 e. The van der Waals surface area contributed by atoms with Gasteiger partial charge < -0.3 is 14.9 Å². The second-order valence-corrected chi connectivity index (χ2v) is 5.36. The number of aryl methyl sites for hydroxylation is 2. The summed E-state index contributed by atoms with van der Waals surface area (Å²) < 4.78 is 4.51. The van der Waals surface area contributed by atoms with E-state index in [0.29, 0.717) is 6.54 Å². The van der Waals surface area contributed by atoms with Crippen LogP contribution in [0.25, 0.3) is 0 Å². The molecule has 6 nitrogen and oxygen atoms in total. The molecule has 0 saturated heterocycles. The molecule has 0 radical (unpaired) electrons. The molecule has 19 heavy (non-hydrogen) atoms. The minimum absolute atomic E-state index is 0.0394. The van der Waals surface area contributed by atoms with Gasteiger partial charge in [0.15, 0.2) is 5.69 Å². The maximum absolute atomic E-state index is 11.7. The Labute approximate surface area is 113 Å². The van der Waals surface area contributed by atoms with Crippen LogP contribution in [0.3, 0.4) is 0 Å². The summed E-state index contributed by atoms with van der Waals surface area (Å²) in [5.74, 6) is -2.07. The fourth-order valence-corrected chi connectivity index (χ4v) is 2.47. The predicted octanol–water partition coefficient (Wildman–Crippen LogP) is 1.98. The standard InChI is InChI=1S/C12H12N2O4S/c1-6-3-8(19-7(6)2)5-13-11(15)9-4-10(12(16)17)18-14-9/h3-4H,5H2,1-2H3,(H,13,15)(H,16,17). The highest BCUT2D eigenvalue weighted by molar-refractivity contribution is 7.12. The summed E-state index contributed by atoms with van der Waals surface area (Å²) >= 11 is 1.61. The summed E-state index contributed by atoms with van der Waals surface area (Å²) in [5, 5.41) is 14.7. The van der Waals surface area contributed by atoms with Crippen molar-refractivity contribution in [3.8, 4) is 0 Å². The van der Waals surface area contributed by atoms with Crippen molar-refractivity contribution in [2.45, 2.75) is 20.4 Å². The van der Waals surface area contributed by atoms with Crippen LogP contribution in [0.1, 0.15) is 36.4 Å². The average Bonchev–Trinajstić information content (AvgIpc) is 2.95. The van der Waals surface area contributed by atoms with Crippen molar-refractivity contribution in [3.05, 3.63) is 38.9 Å². The lowest BCUT2D eigenvalue weighted by Gasteiger charge is -1.99. The minimum atomic E-state index is -1.25. The zero-order valence-electron chi connectivity index (χ0n) is 10.4. The molecule has 2 heterocycles. The molecule has 2 aromatic heterocycles. The van der Waals surface area contributed by atoms with Crippen LogP contribution in [0.4, 0.5) is 0 Å². The van der Waals surface area contributed by atoms with Crippen molar-refractivity contribution < 1.29 is 19.2 Å². The second kappa shape index (κ2) is 5.23. The van der Waals surface area contributed by atoms with Crippen LogP contribution >= 0.6 is 11.3 Å². The number of carbonyl (C=O) groups is 2. The monoisotopic (exact) mass is 280 g/mol. The molecule has 2 aromatic rings. The van der Waals surface area contributed by atoms with E-state index in [1.807, 2.05) is 19.9 Å². The highest BCUT2D eigenvalue weighted by Crippen LogP contribution is 2.20. The number of carbonyl (C=O) groups excluding carboxylic acids is 1. The second-order valence-electron chi connectivity index (χ2n) is 4.02. The van der Waals surface area contributed by atoms with Gasteiger partial charge in [0, 0.05) is 15.8 Å². The molecule has 7 heteroatoms. The van der Waals surface area contributed by atoms with Gasteiger partial charge in [-0.25, -0.2) is 4.79 Å². The van der Waals surface area contributed by atoms with E-state index in [9.17, 15) is 9.59 Å². The Morgan fingerprint density at radius 2 is 2.16 bits per heavy atom. The molecular weight excluding hydrogens is 268 g/mol. The number of thiophene rings is 1. The van der Waals surface area contributed by atoms with Gasteiger partial charge >= 0.3 is 5.97 Å². The Balaban J connectivity index is 1.99. The lowest BCUT2D eigenvalue weighted by molar-refractivity contribution is 0.0651. The van der Waals surface area contributed by atoms with Crippen molar-refractivity contribution in [1.29, 1.82) is 0 Å². The number of aromatic nitrogens is 1. The molecule has 0 fully saturated rings. The number of nitrogens with zero attached hydrogens (tertiary/aromatic N) is 1. The van der Waals surface area contributed by atoms with Crippen molar-refractivity contribution in [2.75, 3.05) is 0 Å². The quantitative estimate of drug-likeness (QED) is 0.893. The van der Waals surface area contributed by atoms with E-state index < -0.39 is 11.9 Å². The zero-order valence-corrected chi connectivity index (χ0v) is 11.2. The van der Waals surface area contributed by atoms with Gasteiger partial charge in [0.25, 0.3) is 5.91 Å². The van der Waals surface area contributed by atoms with Crippen molar-refractivity contribution in [3.63, 3.8) is 0 Å². The number of carboxylic acids is 1. The minimum Gasteiger partial charge on any atom is -0.475 e. The first-order valence-electron chi connectivity index (χ1n) is 5.51. The van der Waals surface area contributed by atoms with E-state index in [-0.39, 0.29) is 11.5 Å². The van der Waals surface area contributed by atoms with Crippen molar-refractivity contribution in [1.82, 2.24) is 10.5 Å². The lowest BCUT2D eigenvalue weighted by atomic mass is 10.3. The van der Waals surface area contributed by atoms with Gasteiger partial charge in [0.1, 0.15) is 0 Å². The first-order valence-corrected chi connectivity index (χ1v) is 6.33. The third kappa shape index (κ3) is 3.00. The third-order valence-corrected chi connectivity index (χ3v) is 3.75. The summed E-state index contributed by atoms with van der Waals surface area (Å²) in [5.41, 5.74) is 1.14. The van der Waals surface area contributed by atoms with Gasteiger partial charge in [-0.2, -0.15) is 0 Å². The molecule has 0 aliphatic carbocycles. The van der Waals surface area contributed by atoms with E-state index in [1.165, 1.54) is 10.4 Å². The van der Waals surface area contributed by atoms with E-state index >= 15 is 0 Å². The Morgan fingerprint density at radius 1 is 1.42 bits per heavy atom. The van der Waals surface area contributed by atoms with E-state index in [0.717, 1.165) is 10.9 Å². The van der Waals surface area contributed by atoms with E-state index in [2.05, 4.69) is 15.0 Å². The third-order valence-electron chi connectivity index (χ3n) is 2.59. The molecule has 0 atom stereocenters. The Kier molecular flexibility index (Phi) is 3.66. The van der Waals surface area contributed by atoms with Gasteiger partial charge in [0.05, 0.1) is 6.54 Å². The number of amides is 1. The van der Waals surface area contributed by atoms with Crippen LogP contribution in [0.15, 0.2) is 16.7 Å². The Morgan fingerprint density at radius 3 is 2.68 bits per heavy atom. The molecule has 0 unspecified atom stereocenters. The molecule has 0 aliphatic rings. The molecule has 0 saturated carbocycles. The van der Waals surface area contributed by atoms with Crippen LogP contribution < -0.4 is 5.32 Å². The fourth-order valence-electron chi connectivity index (χ4n) is 1.48. The lowest BCUT2D eigenvalue weighted by Crippen LogP contribution is -2.22. The molecule has 0 aliphatic heterocycles. The normalized spacial score (nSPS) is 10.4. The number of nitrogens with one attached hydrogen (secondary N) is 1. The Hall–Kier alpha value is -2.15. The number of hydrogen-bond donors (Lipinski definition) is 2. The first kappa shape index (κ1) is 13.3. The fraction of sp³-hybridized carbons (Fsp3) is 0.250. The van der Waals surface area contributed by atoms with Crippen molar-refractivity contribution in [2.24, 2.45) is 0 Å². The van der Waals surface area contributed by atoms with Gasteiger partial charge in [0.2, 0.25) is 5.76 Å². The van der Waals surface area contributed by atoms with Crippen LogP contribution in [0.2, 0.25) is 0 Å². The van der Waals surface area contributed by atoms with Crippen LogP contribution in [0, 0.1) is 13.8 Å². The molecule has 0 spiro atoms. The summed E-state index contributed by atoms with van der Waals surface area (Å²) in [7, 11) is 0. The molecular formula is C12H12N2O4S. The maximum Gasteiger partial charge on any atom is 0.374 e. The topological polar surface area (TPSA) is 92.4 Å². The largest absolute Gasteiger partial charge is 0.475 e. The van der Waals surface area contributed by atoms with Gasteiger partial charge in [-0.15, -0.1) is 11.3 Å². The van der Waals surface area contributed by atoms with E-state index in [4.69, 9.17) is 5.11 Å². The highest BCUT2D eigenvalue weighted by atomic mass is 32.1.